The topological polar surface area (TPSA) is 18.5 Å². The summed E-state index contributed by atoms with van der Waals surface area (Å²) in [4.78, 5) is 0. The number of hydrogen-bond acceptors (Lipinski definition) is 2. The molecule has 0 aliphatic heterocycles. The summed E-state index contributed by atoms with van der Waals surface area (Å²) in [7, 11) is 1.64. The number of terminal acetylenes is 1. The lowest BCUT2D eigenvalue weighted by atomic mass is 10.8. The van der Waals surface area contributed by atoms with E-state index in [2.05, 4.69) is 10.3 Å². The van der Waals surface area contributed by atoms with Crippen molar-refractivity contribution in [3.05, 3.63) is 0 Å². The minimum atomic E-state index is 0.0792. The molecule has 0 N–H and O–H groups in total. The Bertz CT molecular complexity index is 66.6. The molecule has 2 radical (unpaired) electrons. The Morgan fingerprint density at radius 2 is 2.57 bits per heavy atom. The van der Waals surface area contributed by atoms with Gasteiger partial charge in [-0.2, -0.15) is 0 Å². The van der Waals surface area contributed by atoms with E-state index in [0.29, 0.717) is 6.61 Å². The Kier molecular flexibility index (Phi) is 5.45. The monoisotopic (exact) mass is 114 g/mol. The minimum absolute atomic E-state index is 0.0792. The van der Waals surface area contributed by atoms with E-state index in [1.165, 1.54) is 0 Å². The Hall–Kier alpha value is -0.303. The van der Waals surface area contributed by atoms with Crippen molar-refractivity contribution < 1.29 is 8.85 Å². The third-order valence-electron chi connectivity index (χ3n) is 0.298. The third kappa shape index (κ3) is 5.70. The molecule has 0 amide bonds. The molecule has 0 heterocycles. The molecule has 0 bridgehead atoms. The summed E-state index contributed by atoms with van der Waals surface area (Å²) < 4.78 is 9.26. The highest BCUT2D eigenvalue weighted by molar-refractivity contribution is 6.17. The summed E-state index contributed by atoms with van der Waals surface area (Å²) in [6.07, 6.45) is 4.84. The van der Waals surface area contributed by atoms with Crippen LogP contribution in [0.3, 0.4) is 0 Å². The molecule has 0 aromatic rings. The van der Waals surface area contributed by atoms with Crippen molar-refractivity contribution in [3.63, 3.8) is 0 Å². The molecule has 0 aliphatic carbocycles. The first-order chi connectivity index (χ1) is 3.41. The zero-order valence-electron chi connectivity index (χ0n) is 4.10. The van der Waals surface area contributed by atoms with Gasteiger partial charge in [0.1, 0.15) is 0 Å². The summed E-state index contributed by atoms with van der Waals surface area (Å²) in [5, 5.41) is 0. The van der Waals surface area contributed by atoms with E-state index in [-0.39, 0.29) is 10.0 Å². The summed E-state index contributed by atoms with van der Waals surface area (Å²) in [5.41, 5.74) is 0. The van der Waals surface area contributed by atoms with E-state index < -0.39 is 0 Å². The van der Waals surface area contributed by atoms with E-state index in [4.69, 9.17) is 10.8 Å². The average molecular weight is 114 g/mol. The lowest BCUT2D eigenvalue weighted by Gasteiger charge is -1.89. The SMILES string of the molecule is C#CCO[Si]OC. The lowest BCUT2D eigenvalue weighted by molar-refractivity contribution is 0.286. The van der Waals surface area contributed by atoms with Crippen LogP contribution in [-0.4, -0.2) is 23.7 Å². The van der Waals surface area contributed by atoms with Crippen LogP contribution < -0.4 is 0 Å². The van der Waals surface area contributed by atoms with Crippen molar-refractivity contribution in [2.45, 2.75) is 0 Å². The van der Waals surface area contributed by atoms with E-state index in [0.717, 1.165) is 0 Å². The zero-order chi connectivity index (χ0) is 5.54. The van der Waals surface area contributed by atoms with Crippen LogP contribution in [-0.2, 0) is 8.85 Å². The normalized spacial score (nSPS) is 8.00. The van der Waals surface area contributed by atoms with Gasteiger partial charge in [0.2, 0.25) is 0 Å². The molecule has 0 aliphatic rings. The van der Waals surface area contributed by atoms with Crippen LogP contribution >= 0.6 is 0 Å². The molecule has 3 heteroatoms. The number of hydrogen-bond donors (Lipinski definition) is 0. The molecule has 7 heavy (non-hydrogen) atoms. The molecule has 0 spiro atoms. The second-order valence-electron chi connectivity index (χ2n) is 0.780. The Morgan fingerprint density at radius 1 is 1.86 bits per heavy atom. The van der Waals surface area contributed by atoms with Gasteiger partial charge in [0.15, 0.2) is 0 Å². The minimum Gasteiger partial charge on any atom is -0.396 e. The summed E-state index contributed by atoms with van der Waals surface area (Å²) in [6, 6.07) is 0. The van der Waals surface area contributed by atoms with Crippen molar-refractivity contribution in [1.29, 1.82) is 0 Å². The van der Waals surface area contributed by atoms with E-state index in [1.54, 1.807) is 7.11 Å². The van der Waals surface area contributed by atoms with Crippen molar-refractivity contribution in [2.24, 2.45) is 0 Å². The van der Waals surface area contributed by atoms with Crippen LogP contribution in [0.2, 0.25) is 0 Å². The van der Waals surface area contributed by atoms with Crippen LogP contribution in [0.4, 0.5) is 0 Å². The molecule has 0 aromatic carbocycles. The third-order valence-corrected chi connectivity index (χ3v) is 0.727. The van der Waals surface area contributed by atoms with Gasteiger partial charge in [0, 0.05) is 7.11 Å². The predicted molar refractivity (Wildman–Crippen MR) is 27.5 cm³/mol. The highest BCUT2D eigenvalue weighted by Crippen LogP contribution is 1.65. The number of rotatable bonds is 3. The molecule has 0 atom stereocenters. The van der Waals surface area contributed by atoms with E-state index >= 15 is 0 Å². The van der Waals surface area contributed by atoms with Crippen molar-refractivity contribution in [3.8, 4) is 12.3 Å². The van der Waals surface area contributed by atoms with Gasteiger partial charge >= 0.3 is 10.0 Å². The summed E-state index contributed by atoms with van der Waals surface area (Å²) in [6.45, 7) is 0.340. The molecule has 0 unspecified atom stereocenters. The molecule has 2 nitrogen and oxygen atoms in total. The fourth-order valence-corrected chi connectivity index (χ4v) is 0.390. The van der Waals surface area contributed by atoms with E-state index in [1.807, 2.05) is 0 Å². The van der Waals surface area contributed by atoms with Crippen molar-refractivity contribution in [2.75, 3.05) is 13.7 Å². The second kappa shape index (κ2) is 5.70. The highest BCUT2D eigenvalue weighted by atomic mass is 28.3. The molecule has 0 aromatic heterocycles. The Labute approximate surface area is 45.9 Å². The average Bonchev–Trinajstić information content (AvgIpc) is 1.69. The van der Waals surface area contributed by atoms with Gasteiger partial charge in [-0.25, -0.2) is 0 Å². The molecule has 0 saturated heterocycles. The Morgan fingerprint density at radius 3 is 3.00 bits per heavy atom. The van der Waals surface area contributed by atoms with Gasteiger partial charge in [0.05, 0.1) is 6.61 Å². The maximum atomic E-state index is 4.84. The van der Waals surface area contributed by atoms with Crippen LogP contribution in [0.15, 0.2) is 0 Å². The summed E-state index contributed by atoms with van der Waals surface area (Å²) >= 11 is 0. The zero-order valence-corrected chi connectivity index (χ0v) is 5.10. The van der Waals surface area contributed by atoms with Gasteiger partial charge in [-0.1, -0.05) is 5.92 Å². The fraction of sp³-hybridized carbons (Fsp3) is 0.500. The smallest absolute Gasteiger partial charge is 0.396 e. The van der Waals surface area contributed by atoms with Gasteiger partial charge in [-0.15, -0.1) is 6.42 Å². The van der Waals surface area contributed by atoms with Gasteiger partial charge in [0.25, 0.3) is 0 Å². The Balaban J connectivity index is 2.60. The van der Waals surface area contributed by atoms with Crippen LogP contribution in [0.1, 0.15) is 0 Å². The molecule has 0 saturated carbocycles. The maximum Gasteiger partial charge on any atom is 0.433 e. The molecule has 38 valence electrons. The van der Waals surface area contributed by atoms with Crippen molar-refractivity contribution >= 4 is 10.0 Å². The quantitative estimate of drug-likeness (QED) is 0.288. The molecular formula is C4H6O2Si. The maximum absolute atomic E-state index is 4.84. The van der Waals surface area contributed by atoms with Crippen LogP contribution in [0, 0.1) is 12.3 Å². The highest BCUT2D eigenvalue weighted by Gasteiger charge is 1.81. The molecule has 0 rings (SSSR count). The first kappa shape index (κ1) is 6.70. The van der Waals surface area contributed by atoms with Gasteiger partial charge < -0.3 is 8.85 Å². The summed E-state index contributed by atoms with van der Waals surface area (Å²) in [5.74, 6) is 2.31. The van der Waals surface area contributed by atoms with Crippen LogP contribution in [0.25, 0.3) is 0 Å². The predicted octanol–water partition coefficient (Wildman–Crippen LogP) is -0.183. The standard InChI is InChI=1S/C4H6O2Si/c1-3-4-6-7-5-2/h1H,4H2,2H3. The van der Waals surface area contributed by atoms with Gasteiger partial charge in [-0.3, -0.25) is 0 Å². The van der Waals surface area contributed by atoms with Gasteiger partial charge in [-0.05, 0) is 0 Å². The second-order valence-corrected chi connectivity index (χ2v) is 1.64. The fourth-order valence-electron chi connectivity index (χ4n) is 0.130. The molecular weight excluding hydrogens is 108 g/mol. The molecule has 0 fully saturated rings. The lowest BCUT2D eigenvalue weighted by Crippen LogP contribution is -2.00. The largest absolute Gasteiger partial charge is 0.433 e. The first-order valence-electron chi connectivity index (χ1n) is 1.75. The van der Waals surface area contributed by atoms with Crippen molar-refractivity contribution in [1.82, 2.24) is 0 Å². The first-order valence-corrected chi connectivity index (χ1v) is 2.56. The van der Waals surface area contributed by atoms with E-state index in [9.17, 15) is 0 Å². The van der Waals surface area contributed by atoms with Crippen LogP contribution in [0.5, 0.6) is 0 Å².